The average Bonchev–Trinajstić information content (AvgIpc) is 2.64. The van der Waals surface area contributed by atoms with E-state index in [9.17, 15) is 13.6 Å². The summed E-state index contributed by atoms with van der Waals surface area (Å²) in [6, 6.07) is 10.3. The lowest BCUT2D eigenvalue weighted by Crippen LogP contribution is -2.53. The highest BCUT2D eigenvalue weighted by molar-refractivity contribution is 6.33. The van der Waals surface area contributed by atoms with E-state index in [4.69, 9.17) is 11.6 Å². The molecule has 0 bridgehead atoms. The quantitative estimate of drug-likeness (QED) is 0.878. The van der Waals surface area contributed by atoms with Crippen molar-refractivity contribution >= 4 is 28.9 Å². The number of benzene rings is 2. The Morgan fingerprint density at radius 2 is 1.81 bits per heavy atom. The van der Waals surface area contributed by atoms with Crippen LogP contribution in [0.25, 0.3) is 0 Å². The zero-order valence-corrected chi connectivity index (χ0v) is 15.1. The first kappa shape index (κ1) is 18.6. The van der Waals surface area contributed by atoms with Gasteiger partial charge in [0.05, 0.1) is 22.4 Å². The smallest absolute Gasteiger partial charge is 0.241 e. The first-order chi connectivity index (χ1) is 12.5. The monoisotopic (exact) mass is 379 g/mol. The van der Waals surface area contributed by atoms with E-state index in [1.165, 1.54) is 6.07 Å². The van der Waals surface area contributed by atoms with Gasteiger partial charge in [0.1, 0.15) is 11.6 Å². The molecule has 0 spiro atoms. The number of nitrogens with zero attached hydrogens (tertiary/aromatic N) is 2. The van der Waals surface area contributed by atoms with E-state index in [0.29, 0.717) is 18.1 Å². The molecular formula is C19H20ClF2N3O. The van der Waals surface area contributed by atoms with Crippen LogP contribution in [0.1, 0.15) is 6.92 Å². The predicted molar refractivity (Wildman–Crippen MR) is 99.7 cm³/mol. The Bertz CT molecular complexity index is 794. The van der Waals surface area contributed by atoms with E-state index in [-0.39, 0.29) is 11.6 Å². The molecule has 1 aliphatic heterocycles. The molecule has 1 atom stereocenters. The molecule has 3 rings (SSSR count). The highest BCUT2D eigenvalue weighted by Gasteiger charge is 2.26. The first-order valence-electron chi connectivity index (χ1n) is 8.45. The van der Waals surface area contributed by atoms with Crippen molar-refractivity contribution in [3.63, 3.8) is 0 Å². The fourth-order valence-corrected chi connectivity index (χ4v) is 3.31. The lowest BCUT2D eigenvalue weighted by Gasteiger charge is -2.38. The second-order valence-corrected chi connectivity index (χ2v) is 6.67. The van der Waals surface area contributed by atoms with E-state index in [1.54, 1.807) is 6.92 Å². The predicted octanol–water partition coefficient (Wildman–Crippen LogP) is 3.77. The van der Waals surface area contributed by atoms with Crippen LogP contribution in [-0.2, 0) is 4.79 Å². The van der Waals surface area contributed by atoms with Gasteiger partial charge < -0.3 is 10.2 Å². The Morgan fingerprint density at radius 3 is 2.46 bits per heavy atom. The number of piperazine rings is 1. The van der Waals surface area contributed by atoms with E-state index < -0.39 is 17.7 Å². The Morgan fingerprint density at radius 1 is 1.12 bits per heavy atom. The number of carbonyl (C=O) groups is 1. The van der Waals surface area contributed by atoms with Crippen LogP contribution >= 0.6 is 11.6 Å². The summed E-state index contributed by atoms with van der Waals surface area (Å²) in [5.74, 6) is -1.78. The Kier molecular flexibility index (Phi) is 5.74. The third-order valence-corrected chi connectivity index (χ3v) is 4.94. The number of hydrogen-bond donors (Lipinski definition) is 1. The Balaban J connectivity index is 1.58. The molecule has 0 aromatic heterocycles. The number of para-hydroxylation sites is 1. The van der Waals surface area contributed by atoms with Crippen molar-refractivity contribution in [3.05, 3.63) is 59.1 Å². The normalized spacial score (nSPS) is 16.4. The number of nitrogens with one attached hydrogen (secondary N) is 1. The number of amides is 1. The average molecular weight is 380 g/mol. The number of carbonyl (C=O) groups excluding carboxylic acids is 1. The molecule has 0 aliphatic carbocycles. The van der Waals surface area contributed by atoms with Gasteiger partial charge in [-0.25, -0.2) is 8.78 Å². The van der Waals surface area contributed by atoms with E-state index in [2.05, 4.69) is 10.2 Å². The third-order valence-electron chi connectivity index (χ3n) is 4.62. The van der Waals surface area contributed by atoms with Gasteiger partial charge in [-0.15, -0.1) is 0 Å². The molecule has 0 radical (unpaired) electrons. The highest BCUT2D eigenvalue weighted by Crippen LogP contribution is 2.26. The molecule has 1 saturated heterocycles. The SMILES string of the molecule is C[C@@H](C(=O)Nc1ccc(F)cc1F)N1CCN(c2ccccc2Cl)CC1. The van der Waals surface area contributed by atoms with Crippen LogP contribution in [0, 0.1) is 11.6 Å². The topological polar surface area (TPSA) is 35.6 Å². The Hall–Kier alpha value is -2.18. The molecule has 1 amide bonds. The van der Waals surface area contributed by atoms with Crippen LogP contribution in [0.2, 0.25) is 5.02 Å². The third kappa shape index (κ3) is 4.14. The molecule has 0 saturated carbocycles. The van der Waals surface area contributed by atoms with E-state index >= 15 is 0 Å². The van der Waals surface area contributed by atoms with Gasteiger partial charge in [0.25, 0.3) is 0 Å². The first-order valence-corrected chi connectivity index (χ1v) is 8.83. The van der Waals surface area contributed by atoms with Gasteiger partial charge in [-0.3, -0.25) is 9.69 Å². The lowest BCUT2D eigenvalue weighted by molar-refractivity contribution is -0.120. The summed E-state index contributed by atoms with van der Waals surface area (Å²) in [6.45, 7) is 4.64. The second kappa shape index (κ2) is 8.01. The van der Waals surface area contributed by atoms with Gasteiger partial charge in [-0.05, 0) is 31.2 Å². The molecule has 0 unspecified atom stereocenters. The molecule has 1 aliphatic rings. The van der Waals surface area contributed by atoms with Crippen LogP contribution in [0.5, 0.6) is 0 Å². The molecule has 1 heterocycles. The minimum Gasteiger partial charge on any atom is -0.368 e. The highest BCUT2D eigenvalue weighted by atomic mass is 35.5. The fraction of sp³-hybridized carbons (Fsp3) is 0.316. The van der Waals surface area contributed by atoms with Crippen LogP contribution in [0.15, 0.2) is 42.5 Å². The largest absolute Gasteiger partial charge is 0.368 e. The number of anilines is 2. The molecule has 2 aromatic rings. The van der Waals surface area contributed by atoms with Gasteiger partial charge in [-0.1, -0.05) is 23.7 Å². The van der Waals surface area contributed by atoms with Gasteiger partial charge in [0, 0.05) is 32.2 Å². The molecule has 1 N–H and O–H groups in total. The van der Waals surface area contributed by atoms with Crippen LogP contribution in [-0.4, -0.2) is 43.0 Å². The van der Waals surface area contributed by atoms with Crippen molar-refractivity contribution in [3.8, 4) is 0 Å². The summed E-state index contributed by atoms with van der Waals surface area (Å²) >= 11 is 6.24. The van der Waals surface area contributed by atoms with Crippen molar-refractivity contribution in [2.24, 2.45) is 0 Å². The summed E-state index contributed by atoms with van der Waals surface area (Å²) in [4.78, 5) is 16.6. The molecule has 2 aromatic carbocycles. The summed E-state index contributed by atoms with van der Waals surface area (Å²) in [5, 5.41) is 3.24. The maximum atomic E-state index is 13.7. The summed E-state index contributed by atoms with van der Waals surface area (Å²) < 4.78 is 26.7. The number of hydrogen-bond acceptors (Lipinski definition) is 3. The zero-order valence-electron chi connectivity index (χ0n) is 14.4. The zero-order chi connectivity index (χ0) is 18.7. The fourth-order valence-electron chi connectivity index (χ4n) is 3.05. The summed E-state index contributed by atoms with van der Waals surface area (Å²) in [7, 11) is 0. The summed E-state index contributed by atoms with van der Waals surface area (Å²) in [5.41, 5.74) is 0.970. The number of rotatable bonds is 4. The van der Waals surface area contributed by atoms with Gasteiger partial charge in [0.2, 0.25) is 5.91 Å². The summed E-state index contributed by atoms with van der Waals surface area (Å²) in [6.07, 6.45) is 0. The minimum atomic E-state index is -0.783. The lowest BCUT2D eigenvalue weighted by atomic mass is 10.2. The molecule has 26 heavy (non-hydrogen) atoms. The maximum Gasteiger partial charge on any atom is 0.241 e. The molecule has 7 heteroatoms. The van der Waals surface area contributed by atoms with Crippen molar-refractivity contribution < 1.29 is 13.6 Å². The standard InChI is InChI=1S/C19H20ClF2N3O/c1-13(19(26)23-17-7-6-14(21)12-16(17)22)24-8-10-25(11-9-24)18-5-3-2-4-15(18)20/h2-7,12-13H,8-11H2,1H3,(H,23,26)/t13-/m0/s1. The maximum absolute atomic E-state index is 13.7. The van der Waals surface area contributed by atoms with E-state index in [0.717, 1.165) is 30.9 Å². The van der Waals surface area contributed by atoms with Gasteiger partial charge >= 0.3 is 0 Å². The second-order valence-electron chi connectivity index (χ2n) is 6.26. The molecule has 4 nitrogen and oxygen atoms in total. The van der Waals surface area contributed by atoms with Crippen molar-refractivity contribution in [2.75, 3.05) is 36.4 Å². The van der Waals surface area contributed by atoms with Crippen molar-refractivity contribution in [1.29, 1.82) is 0 Å². The van der Waals surface area contributed by atoms with Gasteiger partial charge in [0.15, 0.2) is 0 Å². The molecule has 138 valence electrons. The number of halogens is 3. The van der Waals surface area contributed by atoms with Crippen LogP contribution in [0.4, 0.5) is 20.2 Å². The molecule has 1 fully saturated rings. The molecular weight excluding hydrogens is 360 g/mol. The van der Waals surface area contributed by atoms with Crippen LogP contribution in [0.3, 0.4) is 0 Å². The minimum absolute atomic E-state index is 0.0158. The van der Waals surface area contributed by atoms with Gasteiger partial charge in [-0.2, -0.15) is 0 Å². The van der Waals surface area contributed by atoms with E-state index in [1.807, 2.05) is 29.2 Å². The van der Waals surface area contributed by atoms with Crippen LogP contribution < -0.4 is 10.2 Å². The Labute approximate surface area is 156 Å². The van der Waals surface area contributed by atoms with Crippen molar-refractivity contribution in [1.82, 2.24) is 4.90 Å². The van der Waals surface area contributed by atoms with Crippen molar-refractivity contribution in [2.45, 2.75) is 13.0 Å².